The van der Waals surface area contributed by atoms with E-state index in [1.165, 1.54) is 18.6 Å². The number of nitro benzene ring substituents is 1. The van der Waals surface area contributed by atoms with Gasteiger partial charge in [0.05, 0.1) is 4.92 Å². The number of benzene rings is 1. The Morgan fingerprint density at radius 3 is 2.59 bits per heavy atom. The first-order valence-electron chi connectivity index (χ1n) is 7.57. The third kappa shape index (κ3) is 2.89. The Hall–Kier alpha value is -2.15. The molecule has 0 spiro atoms. The van der Waals surface area contributed by atoms with E-state index >= 15 is 0 Å². The first kappa shape index (κ1) is 14.8. The molecule has 1 aromatic carbocycles. The second kappa shape index (κ2) is 5.92. The Bertz CT molecular complexity index is 575. The van der Waals surface area contributed by atoms with Gasteiger partial charge in [0.15, 0.2) is 0 Å². The lowest BCUT2D eigenvalue weighted by Gasteiger charge is -2.26. The van der Waals surface area contributed by atoms with Crippen LogP contribution in [-0.2, 0) is 0 Å². The fourth-order valence-electron chi connectivity index (χ4n) is 3.36. The highest BCUT2D eigenvalue weighted by Gasteiger charge is 2.35. The lowest BCUT2D eigenvalue weighted by atomic mass is 10.1. The van der Waals surface area contributed by atoms with Gasteiger partial charge < -0.3 is 10.2 Å². The summed E-state index contributed by atoms with van der Waals surface area (Å²) in [6.45, 7) is 1.50. The molecule has 2 fully saturated rings. The third-order valence-electron chi connectivity index (χ3n) is 4.77. The highest BCUT2D eigenvalue weighted by atomic mass is 16.6. The van der Waals surface area contributed by atoms with Crippen molar-refractivity contribution in [1.82, 2.24) is 9.80 Å². The summed E-state index contributed by atoms with van der Waals surface area (Å²) in [5.74, 6) is 0. The van der Waals surface area contributed by atoms with Crippen LogP contribution in [0.2, 0.25) is 0 Å². The van der Waals surface area contributed by atoms with Crippen molar-refractivity contribution < 1.29 is 9.72 Å². The molecule has 7 nitrogen and oxygen atoms in total. The number of hydrogen-bond acceptors (Lipinski definition) is 4. The minimum Gasteiger partial charge on any atom is -0.323 e. The number of likely N-dealkylation sites (tertiary alicyclic amines) is 1. The molecular weight excluding hydrogens is 284 g/mol. The number of carbonyl (C=O) groups excluding carboxylic acids is 1. The third-order valence-corrected chi connectivity index (χ3v) is 4.77. The van der Waals surface area contributed by atoms with Crippen LogP contribution in [0.3, 0.4) is 0 Å². The first-order valence-corrected chi connectivity index (χ1v) is 7.57. The van der Waals surface area contributed by atoms with Gasteiger partial charge in [-0.3, -0.25) is 15.0 Å². The van der Waals surface area contributed by atoms with E-state index < -0.39 is 4.92 Å². The fourth-order valence-corrected chi connectivity index (χ4v) is 3.36. The number of carbonyl (C=O) groups is 1. The number of non-ortho nitro benzene ring substituents is 1. The summed E-state index contributed by atoms with van der Waals surface area (Å²) in [4.78, 5) is 26.8. The summed E-state index contributed by atoms with van der Waals surface area (Å²) in [5, 5.41) is 13.5. The number of nitrogens with zero attached hydrogens (tertiary/aromatic N) is 3. The minimum atomic E-state index is -0.451. The van der Waals surface area contributed by atoms with Crippen molar-refractivity contribution >= 4 is 17.4 Å². The van der Waals surface area contributed by atoms with Crippen LogP contribution in [0.4, 0.5) is 16.2 Å². The summed E-state index contributed by atoms with van der Waals surface area (Å²) in [7, 11) is 2.14. The molecule has 2 aliphatic heterocycles. The molecule has 3 rings (SSSR count). The first-order chi connectivity index (χ1) is 10.5. The van der Waals surface area contributed by atoms with Crippen LogP contribution in [-0.4, -0.2) is 53.0 Å². The second-order valence-corrected chi connectivity index (χ2v) is 6.02. The molecule has 2 unspecified atom stereocenters. The molecule has 0 radical (unpaired) electrons. The van der Waals surface area contributed by atoms with Gasteiger partial charge in [-0.1, -0.05) is 0 Å². The molecule has 2 saturated heterocycles. The number of rotatable bonds is 2. The summed E-state index contributed by atoms with van der Waals surface area (Å²) < 4.78 is 0. The molecule has 22 heavy (non-hydrogen) atoms. The molecule has 118 valence electrons. The van der Waals surface area contributed by atoms with Crippen LogP contribution in [0.1, 0.15) is 19.3 Å². The lowest BCUT2D eigenvalue weighted by Crippen LogP contribution is -2.41. The van der Waals surface area contributed by atoms with Crippen LogP contribution in [0, 0.1) is 10.1 Å². The molecule has 1 N–H and O–H groups in total. The lowest BCUT2D eigenvalue weighted by molar-refractivity contribution is -0.384. The van der Waals surface area contributed by atoms with Gasteiger partial charge in [-0.2, -0.15) is 0 Å². The number of fused-ring (bicyclic) bond motifs is 2. The van der Waals surface area contributed by atoms with E-state index in [4.69, 9.17) is 0 Å². The summed E-state index contributed by atoms with van der Waals surface area (Å²) in [6, 6.07) is 6.81. The van der Waals surface area contributed by atoms with Gasteiger partial charge in [0.1, 0.15) is 0 Å². The SMILES string of the molecule is CN1C2CCC1CN(C(=O)Nc1ccc([N+](=O)[O-])cc1)CC2. The molecule has 2 atom stereocenters. The van der Waals surface area contributed by atoms with Crippen LogP contribution >= 0.6 is 0 Å². The van der Waals surface area contributed by atoms with Crippen molar-refractivity contribution in [3.05, 3.63) is 34.4 Å². The number of likely N-dealkylation sites (N-methyl/N-ethyl adjacent to an activating group) is 1. The molecule has 0 aromatic heterocycles. The maximum atomic E-state index is 12.4. The number of nitrogens with one attached hydrogen (secondary N) is 1. The molecule has 0 saturated carbocycles. The van der Waals surface area contributed by atoms with Gasteiger partial charge in [-0.25, -0.2) is 4.79 Å². The average Bonchev–Trinajstić information content (AvgIpc) is 2.72. The fraction of sp³-hybridized carbons (Fsp3) is 0.533. The molecule has 7 heteroatoms. The molecule has 2 aliphatic rings. The number of anilines is 1. The Kier molecular flexibility index (Phi) is 3.98. The van der Waals surface area contributed by atoms with Crippen molar-refractivity contribution in [2.24, 2.45) is 0 Å². The van der Waals surface area contributed by atoms with Gasteiger partial charge in [0.25, 0.3) is 5.69 Å². The van der Waals surface area contributed by atoms with Crippen molar-refractivity contribution in [1.29, 1.82) is 0 Å². The number of amides is 2. The van der Waals surface area contributed by atoms with Gasteiger partial charge in [-0.05, 0) is 38.4 Å². The van der Waals surface area contributed by atoms with Crippen molar-refractivity contribution in [2.75, 3.05) is 25.5 Å². The monoisotopic (exact) mass is 304 g/mol. The highest BCUT2D eigenvalue weighted by Crippen LogP contribution is 2.28. The topological polar surface area (TPSA) is 78.7 Å². The molecule has 1 aromatic rings. The largest absolute Gasteiger partial charge is 0.323 e. The quantitative estimate of drug-likeness (QED) is 0.671. The van der Waals surface area contributed by atoms with Crippen molar-refractivity contribution in [2.45, 2.75) is 31.3 Å². The summed E-state index contributed by atoms with van der Waals surface area (Å²) in [5.41, 5.74) is 0.602. The maximum Gasteiger partial charge on any atom is 0.321 e. The summed E-state index contributed by atoms with van der Waals surface area (Å²) >= 11 is 0. The maximum absolute atomic E-state index is 12.4. The zero-order valence-corrected chi connectivity index (χ0v) is 12.6. The van der Waals surface area contributed by atoms with Crippen LogP contribution in [0.15, 0.2) is 24.3 Å². The van der Waals surface area contributed by atoms with E-state index in [0.717, 1.165) is 25.9 Å². The Morgan fingerprint density at radius 1 is 1.23 bits per heavy atom. The Balaban J connectivity index is 1.63. The average molecular weight is 304 g/mol. The smallest absolute Gasteiger partial charge is 0.321 e. The molecule has 2 bridgehead atoms. The summed E-state index contributed by atoms with van der Waals surface area (Å²) in [6.07, 6.45) is 3.36. The van der Waals surface area contributed by atoms with Gasteiger partial charge in [-0.15, -0.1) is 0 Å². The molecule has 2 amide bonds. The minimum absolute atomic E-state index is 0.0201. The van der Waals surface area contributed by atoms with E-state index in [1.54, 1.807) is 12.1 Å². The zero-order chi connectivity index (χ0) is 15.7. The normalized spacial score (nSPS) is 24.9. The highest BCUT2D eigenvalue weighted by molar-refractivity contribution is 5.89. The van der Waals surface area contributed by atoms with Crippen LogP contribution < -0.4 is 5.32 Å². The van der Waals surface area contributed by atoms with Gasteiger partial charge >= 0.3 is 6.03 Å². The van der Waals surface area contributed by atoms with E-state index in [-0.39, 0.29) is 11.7 Å². The Labute approximate surface area is 129 Å². The number of nitro groups is 1. The predicted octanol–water partition coefficient (Wildman–Crippen LogP) is 2.30. The number of urea groups is 1. The van der Waals surface area contributed by atoms with Crippen LogP contribution in [0.5, 0.6) is 0 Å². The number of hydrogen-bond donors (Lipinski definition) is 1. The van der Waals surface area contributed by atoms with Crippen LogP contribution in [0.25, 0.3) is 0 Å². The molecular formula is C15H20N4O3. The van der Waals surface area contributed by atoms with E-state index in [1.807, 2.05) is 4.90 Å². The standard InChI is InChI=1S/C15H20N4O3/c1-17-12-6-7-14(17)10-18(9-8-12)15(20)16-11-2-4-13(5-3-11)19(21)22/h2-5,12,14H,6-10H2,1H3,(H,16,20). The molecule has 2 heterocycles. The second-order valence-electron chi connectivity index (χ2n) is 6.02. The van der Waals surface area contributed by atoms with Gasteiger partial charge in [0.2, 0.25) is 0 Å². The van der Waals surface area contributed by atoms with Gasteiger partial charge in [0, 0.05) is 43.0 Å². The van der Waals surface area contributed by atoms with Crippen molar-refractivity contribution in [3.63, 3.8) is 0 Å². The van der Waals surface area contributed by atoms with E-state index in [9.17, 15) is 14.9 Å². The predicted molar refractivity (Wildman–Crippen MR) is 82.9 cm³/mol. The zero-order valence-electron chi connectivity index (χ0n) is 12.6. The molecule has 0 aliphatic carbocycles. The van der Waals surface area contributed by atoms with E-state index in [2.05, 4.69) is 17.3 Å². The van der Waals surface area contributed by atoms with Crippen molar-refractivity contribution in [3.8, 4) is 0 Å². The van der Waals surface area contributed by atoms with E-state index in [0.29, 0.717) is 17.8 Å². The Morgan fingerprint density at radius 2 is 1.91 bits per heavy atom.